The Morgan fingerprint density at radius 2 is 1.56 bits per heavy atom. The second-order valence-electron chi connectivity index (χ2n) is 13.6. The van der Waals surface area contributed by atoms with Crippen LogP contribution < -0.4 is 4.74 Å². The van der Waals surface area contributed by atoms with Crippen molar-refractivity contribution in [1.82, 2.24) is 0 Å². The van der Waals surface area contributed by atoms with Crippen molar-refractivity contribution in [2.24, 2.45) is 28.1 Å². The zero-order chi connectivity index (χ0) is 27.4. The maximum Gasteiger partial charge on any atom is 0.338 e. The van der Waals surface area contributed by atoms with E-state index in [1.165, 1.54) is 12.8 Å². The zero-order valence-electron chi connectivity index (χ0n) is 24.3. The lowest BCUT2D eigenvalue weighted by atomic mass is 9.46. The van der Waals surface area contributed by atoms with Gasteiger partial charge in [-0.05, 0) is 104 Å². The van der Waals surface area contributed by atoms with Crippen LogP contribution in [0.5, 0.6) is 5.75 Å². The molecular weight excluding hydrogens is 480 g/mol. The van der Waals surface area contributed by atoms with Crippen LogP contribution in [0.15, 0.2) is 83.5 Å². The predicted octanol–water partition coefficient (Wildman–Crippen LogP) is 8.96. The van der Waals surface area contributed by atoms with E-state index in [-0.39, 0.29) is 34.4 Å². The summed E-state index contributed by atoms with van der Waals surface area (Å²) in [7, 11) is 0. The summed E-state index contributed by atoms with van der Waals surface area (Å²) in [4.78, 5) is 13.0. The largest absolute Gasteiger partial charge is 0.490 e. The fraction of sp³-hybridized carbons (Fsp3) is 0.528. The van der Waals surface area contributed by atoms with Crippen LogP contribution in [0.2, 0.25) is 0 Å². The van der Waals surface area contributed by atoms with E-state index >= 15 is 0 Å². The van der Waals surface area contributed by atoms with Crippen LogP contribution in [-0.4, -0.2) is 18.2 Å². The number of para-hydroxylation sites is 1. The molecule has 4 aliphatic rings. The van der Waals surface area contributed by atoms with Gasteiger partial charge < -0.3 is 9.47 Å². The summed E-state index contributed by atoms with van der Waals surface area (Å²) in [5.41, 5.74) is 5.91. The second kappa shape index (κ2) is 9.68. The molecule has 3 nitrogen and oxygen atoms in total. The number of rotatable bonds is 5. The Bertz CT molecular complexity index is 1290. The van der Waals surface area contributed by atoms with E-state index in [2.05, 4.69) is 65.0 Å². The molecule has 0 N–H and O–H groups in total. The van der Waals surface area contributed by atoms with Crippen LogP contribution in [0.3, 0.4) is 0 Å². The molecule has 1 fully saturated rings. The molecule has 0 aromatic heterocycles. The number of allylic oxidation sites excluding steroid dienone is 4. The van der Waals surface area contributed by atoms with Crippen molar-refractivity contribution in [2.45, 2.75) is 91.8 Å². The van der Waals surface area contributed by atoms with Crippen LogP contribution in [0.1, 0.15) is 89.9 Å². The van der Waals surface area contributed by atoms with E-state index in [0.29, 0.717) is 17.4 Å². The van der Waals surface area contributed by atoms with Gasteiger partial charge in [0.15, 0.2) is 0 Å². The maximum absolute atomic E-state index is 13.0. The molecule has 2 aromatic carbocycles. The highest BCUT2D eigenvalue weighted by atomic mass is 16.5. The quantitative estimate of drug-likeness (QED) is 0.366. The average molecular weight is 525 g/mol. The Balaban J connectivity index is 1.23. The van der Waals surface area contributed by atoms with Gasteiger partial charge in [0.25, 0.3) is 0 Å². The van der Waals surface area contributed by atoms with Crippen molar-refractivity contribution in [3.8, 4) is 5.75 Å². The highest BCUT2D eigenvalue weighted by Crippen LogP contribution is 2.66. The Morgan fingerprint density at radius 1 is 0.872 bits per heavy atom. The molecular formula is C36H44O3. The molecule has 4 aliphatic carbocycles. The van der Waals surface area contributed by atoms with E-state index in [0.717, 1.165) is 37.9 Å². The van der Waals surface area contributed by atoms with Crippen molar-refractivity contribution in [1.29, 1.82) is 0 Å². The SMILES string of the molecule is C[C@@H](Oc1ccccc1)C1CC=C2C3=C(CCC21C)C1(C)CCC(OC(=O)c2ccccc2)C(C)(C)C1CC3. The maximum atomic E-state index is 13.0. The minimum Gasteiger partial charge on any atom is -0.490 e. The van der Waals surface area contributed by atoms with Gasteiger partial charge in [-0.2, -0.15) is 0 Å². The number of fused-ring (bicyclic) bond motifs is 4. The second-order valence-corrected chi connectivity index (χ2v) is 13.6. The molecule has 0 bridgehead atoms. The van der Waals surface area contributed by atoms with Crippen LogP contribution >= 0.6 is 0 Å². The van der Waals surface area contributed by atoms with Gasteiger partial charge in [-0.3, -0.25) is 0 Å². The molecule has 0 aliphatic heterocycles. The number of carbonyl (C=O) groups excluding carboxylic acids is 1. The monoisotopic (exact) mass is 524 g/mol. The van der Waals surface area contributed by atoms with Gasteiger partial charge in [-0.15, -0.1) is 0 Å². The van der Waals surface area contributed by atoms with Gasteiger partial charge in [-0.25, -0.2) is 4.79 Å². The van der Waals surface area contributed by atoms with E-state index < -0.39 is 0 Å². The third-order valence-corrected chi connectivity index (χ3v) is 11.3. The van der Waals surface area contributed by atoms with Crippen molar-refractivity contribution >= 4 is 5.97 Å². The Hall–Kier alpha value is -2.81. The van der Waals surface area contributed by atoms with Crippen LogP contribution in [-0.2, 0) is 4.74 Å². The molecule has 1 saturated carbocycles. The van der Waals surface area contributed by atoms with Crippen molar-refractivity contribution in [3.63, 3.8) is 0 Å². The summed E-state index contributed by atoms with van der Waals surface area (Å²) < 4.78 is 12.7. The lowest BCUT2D eigenvalue weighted by molar-refractivity contribution is -0.0994. The summed E-state index contributed by atoms with van der Waals surface area (Å²) in [5.74, 6) is 1.79. The number of carbonyl (C=O) groups is 1. The topological polar surface area (TPSA) is 35.5 Å². The Labute approximate surface area is 234 Å². The fourth-order valence-corrected chi connectivity index (χ4v) is 9.19. The first-order valence-corrected chi connectivity index (χ1v) is 15.1. The first-order valence-electron chi connectivity index (χ1n) is 15.1. The zero-order valence-corrected chi connectivity index (χ0v) is 24.3. The number of ether oxygens (including phenoxy) is 2. The summed E-state index contributed by atoms with van der Waals surface area (Å²) >= 11 is 0. The normalized spacial score (nSPS) is 33.8. The third kappa shape index (κ3) is 4.28. The van der Waals surface area contributed by atoms with Gasteiger partial charge in [0.05, 0.1) is 11.7 Å². The molecule has 5 unspecified atom stereocenters. The molecule has 2 aromatic rings. The summed E-state index contributed by atoms with van der Waals surface area (Å²) in [6.45, 7) is 12.0. The fourth-order valence-electron chi connectivity index (χ4n) is 9.19. The van der Waals surface area contributed by atoms with E-state index in [9.17, 15) is 4.79 Å². The van der Waals surface area contributed by atoms with Crippen LogP contribution in [0.4, 0.5) is 0 Å². The molecule has 0 saturated heterocycles. The summed E-state index contributed by atoms with van der Waals surface area (Å²) in [6, 6.07) is 19.7. The molecule has 6 rings (SSSR count). The third-order valence-electron chi connectivity index (χ3n) is 11.3. The highest BCUT2D eigenvalue weighted by Gasteiger charge is 2.58. The van der Waals surface area contributed by atoms with Gasteiger partial charge in [0.2, 0.25) is 0 Å². The van der Waals surface area contributed by atoms with Gasteiger partial charge in [0, 0.05) is 11.3 Å². The predicted molar refractivity (Wildman–Crippen MR) is 157 cm³/mol. The molecule has 206 valence electrons. The first kappa shape index (κ1) is 26.4. The van der Waals surface area contributed by atoms with Crippen molar-refractivity contribution in [2.75, 3.05) is 0 Å². The lowest BCUT2D eigenvalue weighted by Gasteiger charge is -2.59. The number of esters is 1. The molecule has 0 amide bonds. The van der Waals surface area contributed by atoms with E-state index in [1.54, 1.807) is 16.7 Å². The average Bonchev–Trinajstić information content (AvgIpc) is 3.29. The number of hydrogen-bond acceptors (Lipinski definition) is 3. The Morgan fingerprint density at radius 3 is 2.28 bits per heavy atom. The molecule has 6 atom stereocenters. The van der Waals surface area contributed by atoms with Crippen LogP contribution in [0, 0.1) is 28.1 Å². The van der Waals surface area contributed by atoms with Gasteiger partial charge in [0.1, 0.15) is 11.9 Å². The van der Waals surface area contributed by atoms with Gasteiger partial charge >= 0.3 is 5.97 Å². The molecule has 3 heteroatoms. The van der Waals surface area contributed by atoms with E-state index in [4.69, 9.17) is 9.47 Å². The minimum atomic E-state index is -0.185. The van der Waals surface area contributed by atoms with Crippen molar-refractivity contribution in [3.05, 3.63) is 89.0 Å². The molecule has 0 radical (unpaired) electrons. The standard InChI is InChI=1S/C36H44O3/c1-24(38-26-14-10-7-11-15-26)28-17-18-29-27-16-19-31-34(2,3)32(39-33(37)25-12-8-6-9-13-25)21-23-36(31,5)30(27)20-22-35(28,29)4/h6-15,18,24,28,31-32H,16-17,19-23H2,1-5H3/t24-,28?,31?,32?,35?,36?/m1/s1. The first-order chi connectivity index (χ1) is 18.6. The Kier molecular flexibility index (Phi) is 6.56. The minimum absolute atomic E-state index is 0.0506. The molecule has 39 heavy (non-hydrogen) atoms. The van der Waals surface area contributed by atoms with Crippen molar-refractivity contribution < 1.29 is 14.3 Å². The summed E-state index contributed by atoms with van der Waals surface area (Å²) in [5, 5.41) is 0. The van der Waals surface area contributed by atoms with Gasteiger partial charge in [-0.1, -0.05) is 75.7 Å². The highest BCUT2D eigenvalue weighted by molar-refractivity contribution is 5.89. The van der Waals surface area contributed by atoms with Crippen LogP contribution in [0.25, 0.3) is 0 Å². The summed E-state index contributed by atoms with van der Waals surface area (Å²) in [6.07, 6.45) is 10.5. The number of benzene rings is 2. The molecule has 0 heterocycles. The van der Waals surface area contributed by atoms with E-state index in [1.807, 2.05) is 36.4 Å². The number of hydrogen-bond donors (Lipinski definition) is 0. The lowest BCUT2D eigenvalue weighted by Crippen LogP contribution is -2.54. The molecule has 0 spiro atoms. The smallest absolute Gasteiger partial charge is 0.338 e.